The quantitative estimate of drug-likeness (QED) is 0.850. The highest BCUT2D eigenvalue weighted by Crippen LogP contribution is 2.27. The molecule has 4 nitrogen and oxygen atoms in total. The summed E-state index contributed by atoms with van der Waals surface area (Å²) in [5, 5.41) is 3.30. The fourth-order valence-electron chi connectivity index (χ4n) is 1.35. The van der Waals surface area contributed by atoms with Crippen molar-refractivity contribution in [2.24, 2.45) is 5.73 Å². The van der Waals surface area contributed by atoms with Crippen molar-refractivity contribution < 1.29 is 9.53 Å². The molecule has 0 spiro atoms. The summed E-state index contributed by atoms with van der Waals surface area (Å²) in [5.41, 5.74) is 6.17. The number of carbonyl (C=O) groups is 1. The summed E-state index contributed by atoms with van der Waals surface area (Å²) < 4.78 is 5.13. The number of rotatable bonds is 5. The monoisotopic (exact) mass is 256 g/mol. The zero-order valence-electron chi connectivity index (χ0n) is 10.00. The molecule has 0 saturated heterocycles. The van der Waals surface area contributed by atoms with Crippen molar-refractivity contribution in [1.29, 1.82) is 0 Å². The van der Waals surface area contributed by atoms with Crippen molar-refractivity contribution in [2.45, 2.75) is 25.8 Å². The number of hydrogen-bond acceptors (Lipinski definition) is 3. The molecule has 0 aliphatic rings. The van der Waals surface area contributed by atoms with Gasteiger partial charge in [-0.15, -0.1) is 0 Å². The third-order valence-electron chi connectivity index (χ3n) is 2.26. The minimum Gasteiger partial charge on any atom is -0.495 e. The SMILES string of the molecule is COc1ccc(Cl)cc1NC(=O)CCC(C)N. The van der Waals surface area contributed by atoms with Crippen LogP contribution in [0.3, 0.4) is 0 Å². The van der Waals surface area contributed by atoms with Gasteiger partial charge < -0.3 is 15.8 Å². The lowest BCUT2D eigenvalue weighted by atomic mass is 10.2. The Morgan fingerprint density at radius 2 is 2.29 bits per heavy atom. The van der Waals surface area contributed by atoms with E-state index in [4.69, 9.17) is 22.1 Å². The van der Waals surface area contributed by atoms with E-state index in [1.165, 1.54) is 0 Å². The van der Waals surface area contributed by atoms with Gasteiger partial charge in [0, 0.05) is 17.5 Å². The molecular formula is C12H17ClN2O2. The van der Waals surface area contributed by atoms with Gasteiger partial charge in [0.25, 0.3) is 0 Å². The molecule has 1 unspecified atom stereocenters. The third kappa shape index (κ3) is 4.63. The first-order valence-corrected chi connectivity index (χ1v) is 5.79. The number of hydrogen-bond donors (Lipinski definition) is 2. The zero-order valence-corrected chi connectivity index (χ0v) is 10.8. The average molecular weight is 257 g/mol. The average Bonchev–Trinajstić information content (AvgIpc) is 2.27. The number of benzene rings is 1. The Bertz CT molecular complexity index is 394. The van der Waals surface area contributed by atoms with Crippen molar-refractivity contribution in [1.82, 2.24) is 0 Å². The first-order valence-electron chi connectivity index (χ1n) is 5.42. The molecule has 0 aromatic heterocycles. The maximum atomic E-state index is 11.6. The summed E-state index contributed by atoms with van der Waals surface area (Å²) in [7, 11) is 1.54. The van der Waals surface area contributed by atoms with Crippen molar-refractivity contribution in [3.05, 3.63) is 23.2 Å². The Kier molecular flexibility index (Phi) is 5.25. The van der Waals surface area contributed by atoms with E-state index in [1.54, 1.807) is 25.3 Å². The largest absolute Gasteiger partial charge is 0.495 e. The van der Waals surface area contributed by atoms with E-state index in [2.05, 4.69) is 5.32 Å². The van der Waals surface area contributed by atoms with Crippen LogP contribution in [0.5, 0.6) is 5.75 Å². The van der Waals surface area contributed by atoms with Gasteiger partial charge in [0.2, 0.25) is 5.91 Å². The van der Waals surface area contributed by atoms with Crippen LogP contribution in [0.4, 0.5) is 5.69 Å². The normalized spacial score (nSPS) is 12.0. The summed E-state index contributed by atoms with van der Waals surface area (Å²) in [5.74, 6) is 0.492. The Labute approximate surface area is 106 Å². The molecule has 0 heterocycles. The minimum atomic E-state index is -0.0946. The fourth-order valence-corrected chi connectivity index (χ4v) is 1.52. The highest BCUT2D eigenvalue weighted by atomic mass is 35.5. The predicted molar refractivity (Wildman–Crippen MR) is 69.5 cm³/mol. The standard InChI is InChI=1S/C12H17ClN2O2/c1-8(14)3-6-12(16)15-10-7-9(13)4-5-11(10)17-2/h4-5,7-8H,3,6,14H2,1-2H3,(H,15,16). The van der Waals surface area contributed by atoms with Crippen LogP contribution in [-0.2, 0) is 4.79 Å². The van der Waals surface area contributed by atoms with Crippen LogP contribution < -0.4 is 15.8 Å². The Morgan fingerprint density at radius 1 is 1.59 bits per heavy atom. The maximum absolute atomic E-state index is 11.6. The van der Waals surface area contributed by atoms with E-state index in [1.807, 2.05) is 6.92 Å². The summed E-state index contributed by atoms with van der Waals surface area (Å²) in [4.78, 5) is 11.6. The number of amides is 1. The molecule has 0 saturated carbocycles. The van der Waals surface area contributed by atoms with E-state index in [9.17, 15) is 4.79 Å². The molecule has 1 rings (SSSR count). The number of methoxy groups -OCH3 is 1. The van der Waals surface area contributed by atoms with Crippen LogP contribution in [0.15, 0.2) is 18.2 Å². The van der Waals surface area contributed by atoms with Crippen LogP contribution in [0.2, 0.25) is 5.02 Å². The Hall–Kier alpha value is -1.26. The van der Waals surface area contributed by atoms with Crippen molar-refractivity contribution in [3.8, 4) is 5.75 Å². The van der Waals surface area contributed by atoms with Gasteiger partial charge in [-0.2, -0.15) is 0 Å². The molecule has 5 heteroatoms. The summed E-state index contributed by atoms with van der Waals surface area (Å²) in [6.45, 7) is 1.87. The summed E-state index contributed by atoms with van der Waals surface area (Å²) in [6.07, 6.45) is 1.03. The smallest absolute Gasteiger partial charge is 0.224 e. The molecule has 0 aliphatic heterocycles. The van der Waals surface area contributed by atoms with Crippen LogP contribution in [-0.4, -0.2) is 19.1 Å². The lowest BCUT2D eigenvalue weighted by Crippen LogP contribution is -2.19. The minimum absolute atomic E-state index is 0.0157. The van der Waals surface area contributed by atoms with Crippen LogP contribution in [0.25, 0.3) is 0 Å². The van der Waals surface area contributed by atoms with Gasteiger partial charge in [-0.05, 0) is 31.5 Å². The van der Waals surface area contributed by atoms with Gasteiger partial charge in [0.15, 0.2) is 0 Å². The van der Waals surface area contributed by atoms with Gasteiger partial charge in [-0.3, -0.25) is 4.79 Å². The summed E-state index contributed by atoms with van der Waals surface area (Å²) >= 11 is 5.86. The van der Waals surface area contributed by atoms with Crippen LogP contribution in [0.1, 0.15) is 19.8 Å². The number of carbonyl (C=O) groups excluding carboxylic acids is 1. The predicted octanol–water partition coefficient (Wildman–Crippen LogP) is 2.41. The molecular weight excluding hydrogens is 240 g/mol. The Balaban J connectivity index is 2.66. The molecule has 94 valence electrons. The lowest BCUT2D eigenvalue weighted by Gasteiger charge is -2.11. The first kappa shape index (κ1) is 13.8. The second kappa shape index (κ2) is 6.47. The van der Waals surface area contributed by atoms with Gasteiger partial charge in [0.05, 0.1) is 12.8 Å². The molecule has 1 aromatic carbocycles. The van der Waals surface area contributed by atoms with Crippen LogP contribution in [0, 0.1) is 0 Å². The van der Waals surface area contributed by atoms with Gasteiger partial charge in [0.1, 0.15) is 5.75 Å². The van der Waals surface area contributed by atoms with Crippen LogP contribution >= 0.6 is 11.6 Å². The molecule has 17 heavy (non-hydrogen) atoms. The fraction of sp³-hybridized carbons (Fsp3) is 0.417. The van der Waals surface area contributed by atoms with Crippen molar-refractivity contribution in [3.63, 3.8) is 0 Å². The van der Waals surface area contributed by atoms with E-state index >= 15 is 0 Å². The van der Waals surface area contributed by atoms with E-state index in [0.717, 1.165) is 0 Å². The second-order valence-corrected chi connectivity index (χ2v) is 4.35. The van der Waals surface area contributed by atoms with Crippen molar-refractivity contribution in [2.75, 3.05) is 12.4 Å². The molecule has 0 radical (unpaired) electrons. The molecule has 1 atom stereocenters. The second-order valence-electron chi connectivity index (χ2n) is 3.91. The third-order valence-corrected chi connectivity index (χ3v) is 2.50. The molecule has 0 fully saturated rings. The number of halogens is 1. The zero-order chi connectivity index (χ0) is 12.8. The Morgan fingerprint density at radius 3 is 2.88 bits per heavy atom. The first-order chi connectivity index (χ1) is 8.02. The maximum Gasteiger partial charge on any atom is 0.224 e. The molecule has 0 aliphatic carbocycles. The number of nitrogens with two attached hydrogens (primary N) is 1. The molecule has 0 bridgehead atoms. The van der Waals surface area contributed by atoms with Gasteiger partial charge in [-0.1, -0.05) is 11.6 Å². The topological polar surface area (TPSA) is 64.3 Å². The molecule has 1 amide bonds. The van der Waals surface area contributed by atoms with E-state index in [0.29, 0.717) is 29.3 Å². The van der Waals surface area contributed by atoms with Crippen molar-refractivity contribution >= 4 is 23.2 Å². The number of anilines is 1. The van der Waals surface area contributed by atoms with Gasteiger partial charge >= 0.3 is 0 Å². The molecule has 3 N–H and O–H groups in total. The highest BCUT2D eigenvalue weighted by molar-refractivity contribution is 6.31. The number of nitrogens with one attached hydrogen (secondary N) is 1. The molecule has 1 aromatic rings. The van der Waals surface area contributed by atoms with E-state index < -0.39 is 0 Å². The summed E-state index contributed by atoms with van der Waals surface area (Å²) in [6, 6.07) is 5.09. The lowest BCUT2D eigenvalue weighted by molar-refractivity contribution is -0.116. The highest BCUT2D eigenvalue weighted by Gasteiger charge is 2.08. The number of ether oxygens (including phenoxy) is 1. The van der Waals surface area contributed by atoms with E-state index in [-0.39, 0.29) is 11.9 Å². The van der Waals surface area contributed by atoms with Gasteiger partial charge in [-0.25, -0.2) is 0 Å².